The zero-order chi connectivity index (χ0) is 17.4. The van der Waals surface area contributed by atoms with Gasteiger partial charge in [-0.2, -0.15) is 0 Å². The van der Waals surface area contributed by atoms with Gasteiger partial charge in [0, 0.05) is 18.2 Å². The summed E-state index contributed by atoms with van der Waals surface area (Å²) in [4.78, 5) is 18.2. The Labute approximate surface area is 157 Å². The van der Waals surface area contributed by atoms with Gasteiger partial charge in [0.15, 0.2) is 0 Å². The molecule has 2 fully saturated rings. The van der Waals surface area contributed by atoms with Gasteiger partial charge < -0.3 is 9.52 Å². The lowest BCUT2D eigenvalue weighted by Gasteiger charge is -2.32. The first kappa shape index (κ1) is 18.9. The highest BCUT2D eigenvalue weighted by atomic mass is 35.5. The summed E-state index contributed by atoms with van der Waals surface area (Å²) < 4.78 is 18.6. The predicted molar refractivity (Wildman–Crippen MR) is 96.5 cm³/mol. The van der Waals surface area contributed by atoms with Crippen LogP contribution in [0.1, 0.15) is 37.8 Å². The van der Waals surface area contributed by atoms with E-state index in [1.807, 2.05) is 0 Å². The van der Waals surface area contributed by atoms with Crippen LogP contribution in [0.25, 0.3) is 11.5 Å². The number of hydrogen-bond acceptors (Lipinski definition) is 4. The van der Waals surface area contributed by atoms with Gasteiger partial charge in [-0.25, -0.2) is 9.37 Å². The van der Waals surface area contributed by atoms with Crippen LogP contribution in [0.5, 0.6) is 0 Å². The minimum Gasteiger partial charge on any atom is -0.480 e. The Balaban J connectivity index is 0.00000196. The number of hydrogen-bond donors (Lipinski definition) is 1. The van der Waals surface area contributed by atoms with E-state index < -0.39 is 12.0 Å². The minimum atomic E-state index is -0.753. The van der Waals surface area contributed by atoms with Crippen molar-refractivity contribution in [3.8, 4) is 11.5 Å². The lowest BCUT2D eigenvalue weighted by molar-refractivity contribution is -0.142. The summed E-state index contributed by atoms with van der Waals surface area (Å²) in [6.45, 7) is 0.475. The van der Waals surface area contributed by atoms with Crippen LogP contribution in [0.3, 0.4) is 0 Å². The number of aliphatic carboxylic acids is 1. The SMILES string of the molecule is Cl.O=C(O)C1CC2CCCCC2N1Cc1coc(-c2ccc(F)cc2)n1. The van der Waals surface area contributed by atoms with E-state index in [0.29, 0.717) is 30.0 Å². The van der Waals surface area contributed by atoms with Crippen LogP contribution in [0.2, 0.25) is 0 Å². The standard InChI is InChI=1S/C19H21FN2O3.ClH/c20-14-7-5-12(6-8-14)18-21-15(11-25-18)10-22-16-4-2-1-3-13(16)9-17(22)19(23)24;/h5-8,11,13,16-17H,1-4,9-10H2,(H,23,24);1H. The maximum absolute atomic E-state index is 13.0. The molecule has 0 bridgehead atoms. The average Bonchev–Trinajstić information content (AvgIpc) is 3.21. The van der Waals surface area contributed by atoms with Gasteiger partial charge in [-0.1, -0.05) is 12.8 Å². The minimum absolute atomic E-state index is 0. The first-order valence-corrected chi connectivity index (χ1v) is 8.80. The third-order valence-corrected chi connectivity index (χ3v) is 5.49. The van der Waals surface area contributed by atoms with Crippen molar-refractivity contribution in [3.05, 3.63) is 42.0 Å². The van der Waals surface area contributed by atoms with Gasteiger partial charge >= 0.3 is 5.97 Å². The number of fused-ring (bicyclic) bond motifs is 1. The van der Waals surface area contributed by atoms with Crippen LogP contribution in [-0.2, 0) is 11.3 Å². The molecule has 5 nitrogen and oxygen atoms in total. The van der Waals surface area contributed by atoms with Gasteiger partial charge in [-0.15, -0.1) is 12.4 Å². The highest BCUT2D eigenvalue weighted by Crippen LogP contribution is 2.40. The van der Waals surface area contributed by atoms with Gasteiger partial charge in [0.05, 0.1) is 5.69 Å². The number of carboxylic acids is 1. The van der Waals surface area contributed by atoms with Gasteiger partial charge in [0.25, 0.3) is 0 Å². The molecule has 1 aromatic heterocycles. The van der Waals surface area contributed by atoms with Crippen LogP contribution in [-0.4, -0.2) is 33.0 Å². The molecule has 2 heterocycles. The molecule has 26 heavy (non-hydrogen) atoms. The van der Waals surface area contributed by atoms with Gasteiger partial charge in [-0.3, -0.25) is 9.69 Å². The number of oxazole rings is 1. The largest absolute Gasteiger partial charge is 0.480 e. The monoisotopic (exact) mass is 380 g/mol. The summed E-state index contributed by atoms with van der Waals surface area (Å²) in [5, 5.41) is 9.60. The number of nitrogens with zero attached hydrogens (tertiary/aromatic N) is 2. The van der Waals surface area contributed by atoms with Gasteiger partial charge in [0.2, 0.25) is 5.89 Å². The maximum Gasteiger partial charge on any atom is 0.320 e. The number of likely N-dealkylation sites (tertiary alicyclic amines) is 1. The molecule has 2 aliphatic rings. The van der Waals surface area contributed by atoms with Crippen molar-refractivity contribution >= 4 is 18.4 Å². The molecule has 0 amide bonds. The zero-order valence-corrected chi connectivity index (χ0v) is 15.1. The Morgan fingerprint density at radius 3 is 2.73 bits per heavy atom. The highest BCUT2D eigenvalue weighted by Gasteiger charge is 2.45. The molecule has 1 N–H and O–H groups in total. The molecule has 1 aromatic carbocycles. The van der Waals surface area contributed by atoms with Gasteiger partial charge in [0.1, 0.15) is 18.1 Å². The molecular weight excluding hydrogens is 359 g/mol. The van der Waals surface area contributed by atoms with Crippen molar-refractivity contribution < 1.29 is 18.7 Å². The molecule has 1 saturated carbocycles. The summed E-state index contributed by atoms with van der Waals surface area (Å²) in [6, 6.07) is 5.86. The molecule has 3 unspecified atom stereocenters. The number of carboxylic acid groups (broad SMARTS) is 1. The molecular formula is C19H22ClFN2O3. The summed E-state index contributed by atoms with van der Waals surface area (Å²) in [5.41, 5.74) is 1.43. The maximum atomic E-state index is 13.0. The smallest absolute Gasteiger partial charge is 0.320 e. The molecule has 0 radical (unpaired) electrons. The fourth-order valence-corrected chi connectivity index (χ4v) is 4.31. The topological polar surface area (TPSA) is 66.6 Å². The Morgan fingerprint density at radius 2 is 2.00 bits per heavy atom. The van der Waals surface area contributed by atoms with E-state index in [1.165, 1.54) is 18.6 Å². The molecule has 1 aliphatic heterocycles. The first-order valence-electron chi connectivity index (χ1n) is 8.80. The van der Waals surface area contributed by atoms with Crippen LogP contribution >= 0.6 is 12.4 Å². The summed E-state index contributed by atoms with van der Waals surface area (Å²) in [7, 11) is 0. The highest BCUT2D eigenvalue weighted by molar-refractivity contribution is 5.85. The molecule has 2 aromatic rings. The molecule has 1 saturated heterocycles. The van der Waals surface area contributed by atoms with Crippen LogP contribution < -0.4 is 0 Å². The van der Waals surface area contributed by atoms with E-state index in [4.69, 9.17) is 4.42 Å². The average molecular weight is 381 g/mol. The molecule has 4 rings (SSSR count). The third-order valence-electron chi connectivity index (χ3n) is 5.49. The number of carbonyl (C=O) groups is 1. The fraction of sp³-hybridized carbons (Fsp3) is 0.474. The van der Waals surface area contributed by atoms with Crippen LogP contribution in [0.15, 0.2) is 34.9 Å². The van der Waals surface area contributed by atoms with Crippen LogP contribution in [0, 0.1) is 11.7 Å². The van der Waals surface area contributed by atoms with Crippen molar-refractivity contribution in [1.82, 2.24) is 9.88 Å². The van der Waals surface area contributed by atoms with Crippen molar-refractivity contribution in [3.63, 3.8) is 0 Å². The lowest BCUT2D eigenvalue weighted by atomic mass is 9.85. The van der Waals surface area contributed by atoms with Crippen molar-refractivity contribution in [2.24, 2.45) is 5.92 Å². The second-order valence-corrected chi connectivity index (χ2v) is 7.02. The molecule has 0 spiro atoms. The van der Waals surface area contributed by atoms with Crippen LogP contribution in [0.4, 0.5) is 4.39 Å². The predicted octanol–water partition coefficient (Wildman–Crippen LogP) is 4.12. The normalized spacial score (nSPS) is 25.5. The Kier molecular flexibility index (Phi) is 5.63. The van der Waals surface area contributed by atoms with E-state index in [-0.39, 0.29) is 18.2 Å². The molecule has 7 heteroatoms. The van der Waals surface area contributed by atoms with E-state index in [1.54, 1.807) is 18.4 Å². The Morgan fingerprint density at radius 1 is 1.27 bits per heavy atom. The van der Waals surface area contributed by atoms with E-state index in [9.17, 15) is 14.3 Å². The molecule has 140 valence electrons. The Bertz CT molecular complexity index is 764. The third kappa shape index (κ3) is 3.62. The fourth-order valence-electron chi connectivity index (χ4n) is 4.31. The Hall–Kier alpha value is -1.92. The molecule has 3 atom stereocenters. The quantitative estimate of drug-likeness (QED) is 0.864. The van der Waals surface area contributed by atoms with Gasteiger partial charge in [-0.05, 0) is 49.4 Å². The number of rotatable bonds is 4. The first-order chi connectivity index (χ1) is 12.1. The van der Waals surface area contributed by atoms with E-state index in [0.717, 1.165) is 31.4 Å². The summed E-state index contributed by atoms with van der Waals surface area (Å²) >= 11 is 0. The lowest BCUT2D eigenvalue weighted by Crippen LogP contribution is -2.41. The van der Waals surface area contributed by atoms with Crippen molar-refractivity contribution in [2.75, 3.05) is 0 Å². The zero-order valence-electron chi connectivity index (χ0n) is 14.3. The molecule has 1 aliphatic carbocycles. The number of benzene rings is 1. The second-order valence-electron chi connectivity index (χ2n) is 7.02. The van der Waals surface area contributed by atoms with Crippen molar-refractivity contribution in [1.29, 1.82) is 0 Å². The van der Waals surface area contributed by atoms with E-state index in [2.05, 4.69) is 9.88 Å². The summed E-state index contributed by atoms with van der Waals surface area (Å²) in [5.74, 6) is -0.156. The second kappa shape index (κ2) is 7.76. The van der Waals surface area contributed by atoms with E-state index >= 15 is 0 Å². The summed E-state index contributed by atoms with van der Waals surface area (Å²) in [6.07, 6.45) is 6.82. The number of halogens is 2. The van der Waals surface area contributed by atoms with Crippen molar-refractivity contribution in [2.45, 2.75) is 50.7 Å². The number of aromatic nitrogens is 1.